The van der Waals surface area contributed by atoms with Gasteiger partial charge in [-0.3, -0.25) is 4.68 Å². The number of pyridine rings is 1. The van der Waals surface area contributed by atoms with Crippen molar-refractivity contribution in [1.29, 1.82) is 0 Å². The van der Waals surface area contributed by atoms with Gasteiger partial charge in [0, 0.05) is 6.54 Å². The molecule has 7 nitrogen and oxygen atoms in total. The van der Waals surface area contributed by atoms with Gasteiger partial charge in [0.15, 0.2) is 0 Å². The third-order valence-corrected chi connectivity index (χ3v) is 3.87. The van der Waals surface area contributed by atoms with Crippen LogP contribution in [0.3, 0.4) is 0 Å². The van der Waals surface area contributed by atoms with Crippen LogP contribution in [0.2, 0.25) is 0 Å². The number of imidazole rings is 1. The minimum atomic E-state index is -0.0876. The number of nitrogens with zero attached hydrogens (tertiary/aromatic N) is 6. The van der Waals surface area contributed by atoms with Crippen molar-refractivity contribution >= 4 is 11.0 Å². The van der Waals surface area contributed by atoms with E-state index < -0.39 is 0 Å². The molecule has 24 heavy (non-hydrogen) atoms. The van der Waals surface area contributed by atoms with E-state index in [1.807, 2.05) is 42.9 Å². The number of hydrogen-bond donors (Lipinski definition) is 1. The number of hydrogen-bond acceptors (Lipinski definition) is 5. The van der Waals surface area contributed by atoms with Gasteiger partial charge in [-0.05, 0) is 24.3 Å². The summed E-state index contributed by atoms with van der Waals surface area (Å²) in [4.78, 5) is 8.73. The second kappa shape index (κ2) is 6.21. The Hall–Kier alpha value is -3.06. The lowest BCUT2D eigenvalue weighted by molar-refractivity contribution is 0.277. The summed E-state index contributed by atoms with van der Waals surface area (Å²) in [6, 6.07) is 13.5. The number of rotatable bonds is 5. The molecule has 0 atom stereocenters. The highest BCUT2D eigenvalue weighted by Gasteiger charge is 2.07. The van der Waals surface area contributed by atoms with E-state index in [4.69, 9.17) is 0 Å². The maximum atomic E-state index is 9.18. The van der Waals surface area contributed by atoms with Gasteiger partial charge in [-0.25, -0.2) is 9.97 Å². The fourth-order valence-electron chi connectivity index (χ4n) is 2.63. The van der Waals surface area contributed by atoms with Crippen LogP contribution in [-0.2, 0) is 19.7 Å². The fourth-order valence-corrected chi connectivity index (χ4v) is 2.63. The van der Waals surface area contributed by atoms with E-state index in [0.29, 0.717) is 23.6 Å². The van der Waals surface area contributed by atoms with Gasteiger partial charge in [0.2, 0.25) is 0 Å². The first-order valence-electron chi connectivity index (χ1n) is 7.70. The normalized spacial score (nSPS) is 11.2. The van der Waals surface area contributed by atoms with Crippen LogP contribution < -0.4 is 0 Å². The molecular weight excluding hydrogens is 304 g/mol. The average molecular weight is 320 g/mol. The molecule has 0 fully saturated rings. The van der Waals surface area contributed by atoms with Crippen molar-refractivity contribution in [2.24, 2.45) is 0 Å². The lowest BCUT2D eigenvalue weighted by Gasteiger charge is -2.03. The number of aromatic nitrogens is 6. The minimum absolute atomic E-state index is 0.0876. The van der Waals surface area contributed by atoms with Crippen molar-refractivity contribution in [2.75, 3.05) is 0 Å². The first kappa shape index (κ1) is 14.5. The van der Waals surface area contributed by atoms with Gasteiger partial charge >= 0.3 is 0 Å². The summed E-state index contributed by atoms with van der Waals surface area (Å²) in [6.07, 6.45) is 3.71. The Morgan fingerprint density at radius 3 is 2.79 bits per heavy atom. The van der Waals surface area contributed by atoms with Crippen LogP contribution in [0.15, 0.2) is 55.0 Å². The van der Waals surface area contributed by atoms with Gasteiger partial charge in [-0.15, -0.1) is 5.10 Å². The number of aryl methyl sites for hydroxylation is 2. The standard InChI is InChI=1S/C17H16N6O/c24-11-13-4-3-6-14(19-13)16-10-23(21-20-16)9-8-22-12-18-15-5-1-2-7-17(15)22/h1-7,10,12,24H,8-9,11H2. The molecule has 120 valence electrons. The Balaban J connectivity index is 1.51. The molecule has 3 heterocycles. The second-order valence-corrected chi connectivity index (χ2v) is 5.47. The van der Waals surface area contributed by atoms with Crippen molar-refractivity contribution in [3.8, 4) is 11.4 Å². The Labute approximate surface area is 138 Å². The number of aliphatic hydroxyl groups is 1. The first-order chi connectivity index (χ1) is 11.8. The Morgan fingerprint density at radius 2 is 1.88 bits per heavy atom. The van der Waals surface area contributed by atoms with Crippen molar-refractivity contribution in [3.05, 3.63) is 60.7 Å². The summed E-state index contributed by atoms with van der Waals surface area (Å²) in [6.45, 7) is 1.36. The van der Waals surface area contributed by atoms with E-state index in [1.54, 1.807) is 10.7 Å². The molecule has 4 rings (SSSR count). The molecule has 0 radical (unpaired) electrons. The summed E-state index contributed by atoms with van der Waals surface area (Å²) in [5.41, 5.74) is 4.12. The highest BCUT2D eigenvalue weighted by molar-refractivity contribution is 5.74. The summed E-state index contributed by atoms with van der Waals surface area (Å²) in [5, 5.41) is 17.5. The molecular formula is C17H16N6O. The summed E-state index contributed by atoms with van der Waals surface area (Å²) in [7, 11) is 0. The number of para-hydroxylation sites is 2. The van der Waals surface area contributed by atoms with E-state index in [9.17, 15) is 5.11 Å². The van der Waals surface area contributed by atoms with Crippen LogP contribution in [0.1, 0.15) is 5.69 Å². The van der Waals surface area contributed by atoms with Crippen LogP contribution in [0, 0.1) is 0 Å². The van der Waals surface area contributed by atoms with E-state index in [0.717, 1.165) is 17.6 Å². The molecule has 0 aliphatic rings. The summed E-state index contributed by atoms with van der Waals surface area (Å²) >= 11 is 0. The summed E-state index contributed by atoms with van der Waals surface area (Å²) < 4.78 is 3.89. The third kappa shape index (κ3) is 2.77. The Bertz CT molecular complexity index is 974. The molecule has 1 N–H and O–H groups in total. The zero-order valence-electron chi connectivity index (χ0n) is 12.9. The Morgan fingerprint density at radius 1 is 0.958 bits per heavy atom. The maximum absolute atomic E-state index is 9.18. The molecule has 1 aromatic carbocycles. The molecule has 0 saturated heterocycles. The number of aliphatic hydroxyl groups excluding tert-OH is 1. The van der Waals surface area contributed by atoms with Crippen LogP contribution in [0.4, 0.5) is 0 Å². The monoisotopic (exact) mass is 320 g/mol. The number of benzene rings is 1. The molecule has 0 bridgehead atoms. The van der Waals surface area contributed by atoms with Crippen molar-refractivity contribution in [1.82, 2.24) is 29.5 Å². The van der Waals surface area contributed by atoms with Gasteiger partial charge in [-0.1, -0.05) is 23.4 Å². The molecule has 0 unspecified atom stereocenters. The van der Waals surface area contributed by atoms with Crippen LogP contribution >= 0.6 is 0 Å². The topological polar surface area (TPSA) is 81.7 Å². The maximum Gasteiger partial charge on any atom is 0.131 e. The zero-order valence-corrected chi connectivity index (χ0v) is 12.9. The van der Waals surface area contributed by atoms with Crippen LogP contribution in [-0.4, -0.2) is 34.6 Å². The molecule has 0 aliphatic carbocycles. The predicted octanol–water partition coefficient (Wildman–Crippen LogP) is 1.88. The Kier molecular flexibility index (Phi) is 3.76. The molecule has 3 aromatic heterocycles. The SMILES string of the molecule is OCc1cccc(-c2cn(CCn3cnc4ccccc43)nn2)n1. The molecule has 7 heteroatoms. The fraction of sp³-hybridized carbons (Fsp3) is 0.176. The van der Waals surface area contributed by atoms with Crippen molar-refractivity contribution < 1.29 is 5.11 Å². The zero-order chi connectivity index (χ0) is 16.4. The first-order valence-corrected chi connectivity index (χ1v) is 7.70. The predicted molar refractivity (Wildman–Crippen MR) is 88.9 cm³/mol. The van der Waals surface area contributed by atoms with Crippen molar-refractivity contribution in [3.63, 3.8) is 0 Å². The van der Waals surface area contributed by atoms with E-state index in [-0.39, 0.29) is 6.61 Å². The van der Waals surface area contributed by atoms with Gasteiger partial charge in [-0.2, -0.15) is 0 Å². The van der Waals surface area contributed by atoms with Gasteiger partial charge < -0.3 is 9.67 Å². The highest BCUT2D eigenvalue weighted by atomic mass is 16.3. The van der Waals surface area contributed by atoms with Crippen LogP contribution in [0.25, 0.3) is 22.4 Å². The number of fused-ring (bicyclic) bond motifs is 1. The molecule has 0 spiro atoms. The third-order valence-electron chi connectivity index (χ3n) is 3.87. The quantitative estimate of drug-likeness (QED) is 0.607. The van der Waals surface area contributed by atoms with Crippen LogP contribution in [0.5, 0.6) is 0 Å². The van der Waals surface area contributed by atoms with Gasteiger partial charge in [0.1, 0.15) is 5.69 Å². The lowest BCUT2D eigenvalue weighted by Crippen LogP contribution is -2.07. The molecule has 0 saturated carbocycles. The smallest absolute Gasteiger partial charge is 0.131 e. The largest absolute Gasteiger partial charge is 0.390 e. The average Bonchev–Trinajstić information content (AvgIpc) is 3.27. The minimum Gasteiger partial charge on any atom is -0.390 e. The van der Waals surface area contributed by atoms with Crippen molar-refractivity contribution in [2.45, 2.75) is 19.7 Å². The lowest BCUT2D eigenvalue weighted by atomic mass is 10.2. The molecule has 0 amide bonds. The van der Waals surface area contributed by atoms with Gasteiger partial charge in [0.25, 0.3) is 0 Å². The highest BCUT2D eigenvalue weighted by Crippen LogP contribution is 2.15. The second-order valence-electron chi connectivity index (χ2n) is 5.47. The van der Waals surface area contributed by atoms with E-state index in [2.05, 4.69) is 30.9 Å². The van der Waals surface area contributed by atoms with E-state index in [1.165, 1.54) is 0 Å². The summed E-state index contributed by atoms with van der Waals surface area (Å²) in [5.74, 6) is 0. The van der Waals surface area contributed by atoms with E-state index >= 15 is 0 Å². The molecule has 0 aliphatic heterocycles. The van der Waals surface area contributed by atoms with Gasteiger partial charge in [0.05, 0.1) is 48.1 Å². The molecule has 4 aromatic rings.